The third-order valence-electron chi connectivity index (χ3n) is 3.79. The van der Waals surface area contributed by atoms with Gasteiger partial charge in [-0.05, 0) is 54.9 Å². The van der Waals surface area contributed by atoms with E-state index in [1.54, 1.807) is 0 Å². The van der Waals surface area contributed by atoms with Crippen LogP contribution >= 0.6 is 11.6 Å². The third-order valence-corrected chi connectivity index (χ3v) is 4.13. The Morgan fingerprint density at radius 2 is 2.17 bits per heavy atom. The minimum absolute atomic E-state index is 0.186. The van der Waals surface area contributed by atoms with Gasteiger partial charge in [-0.25, -0.2) is 4.39 Å². The number of benzene rings is 1. The topological polar surface area (TPSA) is 37.3 Å². The van der Waals surface area contributed by atoms with Gasteiger partial charge in [0.1, 0.15) is 5.82 Å². The zero-order valence-electron chi connectivity index (χ0n) is 10.2. The largest absolute Gasteiger partial charge is 0.481 e. The molecule has 98 valence electrons. The van der Waals surface area contributed by atoms with Crippen molar-refractivity contribution in [3.05, 3.63) is 34.6 Å². The highest BCUT2D eigenvalue weighted by Gasteiger charge is 2.35. The van der Waals surface area contributed by atoms with Gasteiger partial charge in [0.2, 0.25) is 0 Å². The smallest absolute Gasteiger partial charge is 0.307 e. The highest BCUT2D eigenvalue weighted by Crippen LogP contribution is 2.43. The van der Waals surface area contributed by atoms with E-state index in [2.05, 4.69) is 6.92 Å². The molecule has 1 aliphatic rings. The Bertz CT molecular complexity index is 461. The second-order valence-electron chi connectivity index (χ2n) is 5.14. The van der Waals surface area contributed by atoms with Gasteiger partial charge < -0.3 is 5.11 Å². The van der Waals surface area contributed by atoms with Crippen LogP contribution < -0.4 is 0 Å². The first kappa shape index (κ1) is 13.3. The van der Waals surface area contributed by atoms with Crippen LogP contribution in [0.5, 0.6) is 0 Å². The summed E-state index contributed by atoms with van der Waals surface area (Å²) in [6, 6.07) is 4.18. The normalized spacial score (nSPS) is 28.1. The Kier molecular flexibility index (Phi) is 3.91. The second-order valence-corrected chi connectivity index (χ2v) is 5.54. The van der Waals surface area contributed by atoms with E-state index in [0.29, 0.717) is 22.9 Å². The maximum Gasteiger partial charge on any atom is 0.307 e. The van der Waals surface area contributed by atoms with Crippen molar-refractivity contribution in [2.75, 3.05) is 0 Å². The van der Waals surface area contributed by atoms with Crippen LogP contribution in [0.1, 0.15) is 37.7 Å². The number of carbonyl (C=O) groups is 1. The first-order valence-electron chi connectivity index (χ1n) is 6.16. The zero-order chi connectivity index (χ0) is 13.3. The van der Waals surface area contributed by atoms with E-state index >= 15 is 0 Å². The Labute approximate surface area is 111 Å². The summed E-state index contributed by atoms with van der Waals surface area (Å²) in [5.74, 6) is -1.37. The Morgan fingerprint density at radius 3 is 2.83 bits per heavy atom. The zero-order valence-corrected chi connectivity index (χ0v) is 11.0. The fourth-order valence-corrected chi connectivity index (χ4v) is 3.08. The van der Waals surface area contributed by atoms with Crippen LogP contribution in [0.4, 0.5) is 4.39 Å². The highest BCUT2D eigenvalue weighted by atomic mass is 35.5. The van der Waals surface area contributed by atoms with E-state index in [-0.39, 0.29) is 11.7 Å². The van der Waals surface area contributed by atoms with Gasteiger partial charge in [-0.3, -0.25) is 4.79 Å². The first-order chi connectivity index (χ1) is 8.49. The molecule has 1 saturated carbocycles. The summed E-state index contributed by atoms with van der Waals surface area (Å²) in [7, 11) is 0. The summed E-state index contributed by atoms with van der Waals surface area (Å²) < 4.78 is 13.3. The molecule has 2 nitrogen and oxygen atoms in total. The van der Waals surface area contributed by atoms with Gasteiger partial charge in [0.25, 0.3) is 0 Å². The number of carboxylic acids is 1. The van der Waals surface area contributed by atoms with Gasteiger partial charge in [0.05, 0.1) is 5.92 Å². The average Bonchev–Trinajstić information content (AvgIpc) is 2.31. The van der Waals surface area contributed by atoms with Gasteiger partial charge in [-0.15, -0.1) is 0 Å². The molecule has 0 saturated heterocycles. The molecule has 2 rings (SSSR count). The molecule has 3 atom stereocenters. The number of carboxylic acid groups (broad SMARTS) is 1. The number of hydrogen-bond acceptors (Lipinski definition) is 1. The van der Waals surface area contributed by atoms with Crippen LogP contribution in [-0.4, -0.2) is 11.1 Å². The molecule has 0 heterocycles. The molecule has 0 bridgehead atoms. The average molecular weight is 271 g/mol. The van der Waals surface area contributed by atoms with Crippen molar-refractivity contribution in [2.45, 2.75) is 32.1 Å². The SMILES string of the molecule is CC1CCC(C(=O)O)C(c2cc(F)ccc2Cl)C1. The lowest BCUT2D eigenvalue weighted by molar-refractivity contribution is -0.143. The minimum atomic E-state index is -0.813. The Morgan fingerprint density at radius 1 is 1.44 bits per heavy atom. The summed E-state index contributed by atoms with van der Waals surface area (Å²) in [5, 5.41) is 9.74. The maximum atomic E-state index is 13.3. The van der Waals surface area contributed by atoms with Gasteiger partial charge in [-0.2, -0.15) is 0 Å². The van der Waals surface area contributed by atoms with Gasteiger partial charge in [-0.1, -0.05) is 18.5 Å². The van der Waals surface area contributed by atoms with Crippen LogP contribution in [0.25, 0.3) is 0 Å². The van der Waals surface area contributed by atoms with Crippen molar-refractivity contribution < 1.29 is 14.3 Å². The molecular weight excluding hydrogens is 255 g/mol. The standard InChI is InChI=1S/C14H16ClFO2/c1-8-2-4-10(14(17)18)11(6-8)12-7-9(16)3-5-13(12)15/h3,5,7-8,10-11H,2,4,6H2,1H3,(H,17,18). The minimum Gasteiger partial charge on any atom is -0.481 e. The maximum absolute atomic E-state index is 13.3. The van der Waals surface area contributed by atoms with E-state index in [1.165, 1.54) is 18.2 Å². The van der Waals surface area contributed by atoms with E-state index in [4.69, 9.17) is 11.6 Å². The Hall–Kier alpha value is -1.09. The van der Waals surface area contributed by atoms with Crippen molar-refractivity contribution in [1.29, 1.82) is 0 Å². The van der Waals surface area contributed by atoms with E-state index < -0.39 is 11.9 Å². The molecule has 1 N–H and O–H groups in total. The van der Waals surface area contributed by atoms with Crippen LogP contribution in [0.3, 0.4) is 0 Å². The predicted octanol–water partition coefficient (Wildman–Crippen LogP) is 4.08. The lowest BCUT2D eigenvalue weighted by Gasteiger charge is -2.33. The summed E-state index contributed by atoms with van der Waals surface area (Å²) in [6.45, 7) is 2.10. The molecule has 4 heteroatoms. The first-order valence-corrected chi connectivity index (χ1v) is 6.54. The van der Waals surface area contributed by atoms with Crippen LogP contribution in [0.15, 0.2) is 18.2 Å². The molecule has 0 aromatic heterocycles. The van der Waals surface area contributed by atoms with E-state index in [1.807, 2.05) is 0 Å². The van der Waals surface area contributed by atoms with Crippen LogP contribution in [0.2, 0.25) is 5.02 Å². The number of hydrogen-bond donors (Lipinski definition) is 1. The fraction of sp³-hybridized carbons (Fsp3) is 0.500. The van der Waals surface area contributed by atoms with E-state index in [0.717, 1.165) is 12.8 Å². The molecule has 1 fully saturated rings. The van der Waals surface area contributed by atoms with Crippen molar-refractivity contribution in [3.8, 4) is 0 Å². The monoisotopic (exact) mass is 270 g/mol. The number of aliphatic carboxylic acids is 1. The molecular formula is C14H16ClFO2. The quantitative estimate of drug-likeness (QED) is 0.879. The third kappa shape index (κ3) is 2.66. The molecule has 0 radical (unpaired) electrons. The Balaban J connectivity index is 2.37. The fourth-order valence-electron chi connectivity index (χ4n) is 2.82. The highest BCUT2D eigenvalue weighted by molar-refractivity contribution is 6.31. The molecule has 3 unspecified atom stereocenters. The van der Waals surface area contributed by atoms with Gasteiger partial charge in [0.15, 0.2) is 0 Å². The molecule has 1 aromatic carbocycles. The van der Waals surface area contributed by atoms with Crippen molar-refractivity contribution in [2.24, 2.45) is 11.8 Å². The van der Waals surface area contributed by atoms with Crippen molar-refractivity contribution in [1.82, 2.24) is 0 Å². The lowest BCUT2D eigenvalue weighted by Crippen LogP contribution is -2.28. The molecule has 0 aliphatic heterocycles. The van der Waals surface area contributed by atoms with Crippen LogP contribution in [-0.2, 0) is 4.79 Å². The molecule has 1 aromatic rings. The molecule has 0 amide bonds. The summed E-state index contributed by atoms with van der Waals surface area (Å²) in [5.41, 5.74) is 0.635. The second kappa shape index (κ2) is 5.27. The molecule has 0 spiro atoms. The predicted molar refractivity (Wildman–Crippen MR) is 68.3 cm³/mol. The lowest BCUT2D eigenvalue weighted by atomic mass is 9.71. The van der Waals surface area contributed by atoms with Gasteiger partial charge >= 0.3 is 5.97 Å². The van der Waals surface area contributed by atoms with Crippen LogP contribution in [0, 0.1) is 17.7 Å². The van der Waals surface area contributed by atoms with Gasteiger partial charge in [0, 0.05) is 5.02 Å². The van der Waals surface area contributed by atoms with Crippen molar-refractivity contribution >= 4 is 17.6 Å². The number of rotatable bonds is 2. The molecule has 1 aliphatic carbocycles. The van der Waals surface area contributed by atoms with Crippen molar-refractivity contribution in [3.63, 3.8) is 0 Å². The number of halogens is 2. The van der Waals surface area contributed by atoms with E-state index in [9.17, 15) is 14.3 Å². The molecule has 18 heavy (non-hydrogen) atoms. The summed E-state index contributed by atoms with van der Waals surface area (Å²) >= 11 is 6.09. The summed E-state index contributed by atoms with van der Waals surface area (Å²) in [6.07, 6.45) is 2.29. The summed E-state index contributed by atoms with van der Waals surface area (Å²) in [4.78, 5) is 11.3.